The van der Waals surface area contributed by atoms with Crippen molar-refractivity contribution in [1.82, 2.24) is 15.3 Å². The Bertz CT molecular complexity index is 909. The molecule has 0 aliphatic carbocycles. The van der Waals surface area contributed by atoms with Crippen LogP contribution < -0.4 is 10.6 Å². The number of amides is 2. The SMILES string of the molecule is CC(=O)Nc1ccc(C(=O)NCc2cccnc2-c2cccnc2)cc1. The van der Waals surface area contributed by atoms with Gasteiger partial charge in [0.25, 0.3) is 5.91 Å². The molecule has 0 atom stereocenters. The molecule has 0 bridgehead atoms. The van der Waals surface area contributed by atoms with Crippen LogP contribution >= 0.6 is 0 Å². The van der Waals surface area contributed by atoms with Gasteiger partial charge in [0.05, 0.1) is 5.69 Å². The van der Waals surface area contributed by atoms with Crippen molar-refractivity contribution in [3.8, 4) is 11.3 Å². The van der Waals surface area contributed by atoms with Crippen LogP contribution in [0.2, 0.25) is 0 Å². The normalized spacial score (nSPS) is 10.2. The summed E-state index contributed by atoms with van der Waals surface area (Å²) in [5.74, 6) is -0.345. The second kappa shape index (κ2) is 8.02. The topological polar surface area (TPSA) is 84.0 Å². The summed E-state index contributed by atoms with van der Waals surface area (Å²) in [6, 6.07) is 14.3. The molecule has 0 spiro atoms. The third-order valence-electron chi connectivity index (χ3n) is 3.73. The molecule has 0 saturated carbocycles. The van der Waals surface area contributed by atoms with E-state index in [-0.39, 0.29) is 11.8 Å². The lowest BCUT2D eigenvalue weighted by molar-refractivity contribution is -0.114. The van der Waals surface area contributed by atoms with E-state index in [9.17, 15) is 9.59 Å². The second-order valence-electron chi connectivity index (χ2n) is 5.69. The highest BCUT2D eigenvalue weighted by molar-refractivity contribution is 5.95. The molecule has 0 saturated heterocycles. The first-order valence-electron chi connectivity index (χ1n) is 8.13. The molecule has 6 nitrogen and oxygen atoms in total. The summed E-state index contributed by atoms with van der Waals surface area (Å²) >= 11 is 0. The van der Waals surface area contributed by atoms with Crippen molar-refractivity contribution in [1.29, 1.82) is 0 Å². The average Bonchev–Trinajstić information content (AvgIpc) is 2.67. The minimum Gasteiger partial charge on any atom is -0.348 e. The zero-order valence-corrected chi connectivity index (χ0v) is 14.3. The number of carbonyl (C=O) groups is 2. The van der Waals surface area contributed by atoms with Crippen molar-refractivity contribution >= 4 is 17.5 Å². The summed E-state index contributed by atoms with van der Waals surface area (Å²) in [5, 5.41) is 5.57. The molecule has 26 heavy (non-hydrogen) atoms. The quantitative estimate of drug-likeness (QED) is 0.744. The van der Waals surface area contributed by atoms with Gasteiger partial charge in [0.2, 0.25) is 5.91 Å². The van der Waals surface area contributed by atoms with E-state index in [1.807, 2.05) is 24.3 Å². The van der Waals surface area contributed by atoms with Gasteiger partial charge in [0, 0.05) is 48.9 Å². The van der Waals surface area contributed by atoms with Gasteiger partial charge in [-0.05, 0) is 48.0 Å². The average molecular weight is 346 g/mol. The Morgan fingerprint density at radius 2 is 1.77 bits per heavy atom. The molecular weight excluding hydrogens is 328 g/mol. The zero-order chi connectivity index (χ0) is 18.4. The smallest absolute Gasteiger partial charge is 0.251 e. The Morgan fingerprint density at radius 3 is 2.46 bits per heavy atom. The monoisotopic (exact) mass is 346 g/mol. The van der Waals surface area contributed by atoms with Crippen LogP contribution in [0.15, 0.2) is 67.1 Å². The lowest BCUT2D eigenvalue weighted by atomic mass is 10.1. The fourth-order valence-electron chi connectivity index (χ4n) is 2.53. The number of carbonyl (C=O) groups excluding carboxylic acids is 2. The van der Waals surface area contributed by atoms with E-state index < -0.39 is 0 Å². The number of pyridine rings is 2. The maximum absolute atomic E-state index is 12.4. The van der Waals surface area contributed by atoms with E-state index in [0.29, 0.717) is 17.8 Å². The summed E-state index contributed by atoms with van der Waals surface area (Å²) in [6.45, 7) is 1.79. The van der Waals surface area contributed by atoms with E-state index >= 15 is 0 Å². The maximum atomic E-state index is 12.4. The largest absolute Gasteiger partial charge is 0.348 e. The molecule has 2 amide bonds. The van der Waals surface area contributed by atoms with Gasteiger partial charge in [-0.3, -0.25) is 19.6 Å². The van der Waals surface area contributed by atoms with Gasteiger partial charge < -0.3 is 10.6 Å². The molecule has 0 unspecified atom stereocenters. The Morgan fingerprint density at radius 1 is 1.00 bits per heavy atom. The van der Waals surface area contributed by atoms with Crippen LogP contribution in [0, 0.1) is 0 Å². The summed E-state index contributed by atoms with van der Waals surface area (Å²) in [6.07, 6.45) is 5.17. The first-order chi connectivity index (χ1) is 12.6. The lowest BCUT2D eigenvalue weighted by Crippen LogP contribution is -2.23. The Hall–Kier alpha value is -3.54. The molecule has 0 aliphatic heterocycles. The van der Waals surface area contributed by atoms with Crippen LogP contribution in [0.1, 0.15) is 22.8 Å². The van der Waals surface area contributed by atoms with Gasteiger partial charge in [0.15, 0.2) is 0 Å². The summed E-state index contributed by atoms with van der Waals surface area (Å²) in [7, 11) is 0. The molecule has 130 valence electrons. The first-order valence-corrected chi connectivity index (χ1v) is 8.13. The number of nitrogens with one attached hydrogen (secondary N) is 2. The number of rotatable bonds is 5. The predicted octanol–water partition coefficient (Wildman–Crippen LogP) is 3.03. The van der Waals surface area contributed by atoms with E-state index in [0.717, 1.165) is 16.8 Å². The highest BCUT2D eigenvalue weighted by Gasteiger charge is 2.09. The third kappa shape index (κ3) is 4.30. The van der Waals surface area contributed by atoms with Crippen molar-refractivity contribution in [3.05, 3.63) is 78.2 Å². The summed E-state index contributed by atoms with van der Waals surface area (Å²) in [4.78, 5) is 31.9. The molecule has 0 radical (unpaired) electrons. The third-order valence-corrected chi connectivity index (χ3v) is 3.73. The van der Waals surface area contributed by atoms with Gasteiger partial charge in [-0.25, -0.2) is 0 Å². The number of hydrogen-bond donors (Lipinski definition) is 2. The van der Waals surface area contributed by atoms with Gasteiger partial charge in [-0.15, -0.1) is 0 Å². The second-order valence-corrected chi connectivity index (χ2v) is 5.69. The molecule has 3 rings (SSSR count). The van der Waals surface area contributed by atoms with Gasteiger partial charge in [-0.2, -0.15) is 0 Å². The lowest BCUT2D eigenvalue weighted by Gasteiger charge is -2.10. The fraction of sp³-hybridized carbons (Fsp3) is 0.100. The number of nitrogens with zero attached hydrogens (tertiary/aromatic N) is 2. The molecule has 2 heterocycles. The van der Waals surface area contributed by atoms with E-state index in [4.69, 9.17) is 0 Å². The van der Waals surface area contributed by atoms with E-state index in [1.54, 1.807) is 42.9 Å². The van der Waals surface area contributed by atoms with Crippen LogP contribution in [0.5, 0.6) is 0 Å². The van der Waals surface area contributed by atoms with Crippen LogP contribution in [0.25, 0.3) is 11.3 Å². The van der Waals surface area contributed by atoms with Gasteiger partial charge in [-0.1, -0.05) is 6.07 Å². The van der Waals surface area contributed by atoms with Crippen molar-refractivity contribution in [2.45, 2.75) is 13.5 Å². The van der Waals surface area contributed by atoms with E-state index in [2.05, 4.69) is 20.6 Å². The molecule has 2 N–H and O–H groups in total. The van der Waals surface area contributed by atoms with Crippen LogP contribution in [-0.2, 0) is 11.3 Å². The Kier molecular flexibility index (Phi) is 5.34. The summed E-state index contributed by atoms with van der Waals surface area (Å²) < 4.78 is 0. The Labute approximate surface area is 151 Å². The molecule has 6 heteroatoms. The maximum Gasteiger partial charge on any atom is 0.251 e. The number of benzene rings is 1. The summed E-state index contributed by atoms with van der Waals surface area (Å²) in [5.41, 5.74) is 3.77. The molecule has 1 aromatic carbocycles. The van der Waals surface area contributed by atoms with Crippen LogP contribution in [0.4, 0.5) is 5.69 Å². The molecule has 2 aromatic heterocycles. The highest BCUT2D eigenvalue weighted by atomic mass is 16.2. The molecular formula is C20H18N4O2. The molecule has 0 fully saturated rings. The number of anilines is 1. The van der Waals surface area contributed by atoms with Gasteiger partial charge in [0.1, 0.15) is 0 Å². The number of aromatic nitrogens is 2. The first kappa shape index (κ1) is 17.3. The standard InChI is InChI=1S/C20H18N4O2/c1-14(25)24-18-8-6-15(7-9-18)20(26)23-13-17-5-3-11-22-19(17)16-4-2-10-21-12-16/h2-12H,13H2,1H3,(H,23,26)(H,24,25). The minimum atomic E-state index is -0.194. The Balaban J connectivity index is 1.70. The predicted molar refractivity (Wildman–Crippen MR) is 99.4 cm³/mol. The zero-order valence-electron chi connectivity index (χ0n) is 14.3. The molecule has 0 aliphatic rings. The van der Waals surface area contributed by atoms with Crippen LogP contribution in [0.3, 0.4) is 0 Å². The van der Waals surface area contributed by atoms with E-state index in [1.165, 1.54) is 6.92 Å². The molecule has 3 aromatic rings. The fourth-order valence-corrected chi connectivity index (χ4v) is 2.53. The number of hydrogen-bond acceptors (Lipinski definition) is 4. The minimum absolute atomic E-state index is 0.151. The van der Waals surface area contributed by atoms with Crippen molar-refractivity contribution in [3.63, 3.8) is 0 Å². The van der Waals surface area contributed by atoms with Crippen LogP contribution in [-0.4, -0.2) is 21.8 Å². The van der Waals surface area contributed by atoms with Crippen molar-refractivity contribution in [2.75, 3.05) is 5.32 Å². The highest BCUT2D eigenvalue weighted by Crippen LogP contribution is 2.20. The van der Waals surface area contributed by atoms with Gasteiger partial charge >= 0.3 is 0 Å². The van der Waals surface area contributed by atoms with Crippen molar-refractivity contribution < 1.29 is 9.59 Å². The van der Waals surface area contributed by atoms with Crippen molar-refractivity contribution in [2.24, 2.45) is 0 Å².